The maximum Gasteiger partial charge on any atom is 0.0449 e. The Kier molecular flexibility index (Phi) is 4.10. The molecule has 0 bridgehead atoms. The highest BCUT2D eigenvalue weighted by molar-refractivity contribution is 7.98. The van der Waals surface area contributed by atoms with Gasteiger partial charge < -0.3 is 5.73 Å². The minimum absolute atomic E-state index is 0.158. The summed E-state index contributed by atoms with van der Waals surface area (Å²) in [6.07, 6.45) is 2.90. The van der Waals surface area contributed by atoms with Gasteiger partial charge >= 0.3 is 0 Å². The smallest absolute Gasteiger partial charge is 0.0449 e. The summed E-state index contributed by atoms with van der Waals surface area (Å²) >= 11 is 7.79. The van der Waals surface area contributed by atoms with Crippen LogP contribution in [0.1, 0.15) is 12.5 Å². The second-order valence-corrected chi connectivity index (χ2v) is 4.36. The third-order valence-electron chi connectivity index (χ3n) is 1.82. The molecule has 0 saturated heterocycles. The maximum absolute atomic E-state index is 6.08. The fraction of sp³-hybridized carbons (Fsp3) is 0.400. The molecule has 13 heavy (non-hydrogen) atoms. The van der Waals surface area contributed by atoms with Gasteiger partial charge in [0.15, 0.2) is 0 Å². The summed E-state index contributed by atoms with van der Waals surface area (Å²) in [5, 5.41) is 0.823. The van der Waals surface area contributed by atoms with E-state index in [1.807, 2.05) is 19.1 Å². The third kappa shape index (κ3) is 2.90. The van der Waals surface area contributed by atoms with Crippen LogP contribution in [0.2, 0.25) is 5.02 Å². The van der Waals surface area contributed by atoms with E-state index in [4.69, 9.17) is 17.3 Å². The highest BCUT2D eigenvalue weighted by Crippen LogP contribution is 2.27. The fourth-order valence-electron chi connectivity index (χ4n) is 1.25. The van der Waals surface area contributed by atoms with Gasteiger partial charge in [0, 0.05) is 16.0 Å². The lowest BCUT2D eigenvalue weighted by atomic mass is 10.1. The zero-order valence-electron chi connectivity index (χ0n) is 7.88. The highest BCUT2D eigenvalue weighted by Gasteiger charge is 2.07. The summed E-state index contributed by atoms with van der Waals surface area (Å²) in [7, 11) is 0. The lowest BCUT2D eigenvalue weighted by molar-refractivity contribution is 0.729. The van der Waals surface area contributed by atoms with Crippen LogP contribution in [-0.2, 0) is 6.42 Å². The first kappa shape index (κ1) is 10.9. The first-order chi connectivity index (χ1) is 6.15. The normalized spacial score (nSPS) is 12.9. The van der Waals surface area contributed by atoms with Crippen molar-refractivity contribution >= 4 is 23.4 Å². The Labute approximate surface area is 88.7 Å². The van der Waals surface area contributed by atoms with Crippen molar-refractivity contribution in [1.29, 1.82) is 0 Å². The Bertz CT molecular complexity index is 286. The van der Waals surface area contributed by atoms with E-state index in [0.29, 0.717) is 0 Å². The zero-order chi connectivity index (χ0) is 9.84. The molecule has 0 aliphatic rings. The van der Waals surface area contributed by atoms with E-state index in [0.717, 1.165) is 11.4 Å². The number of rotatable bonds is 3. The monoisotopic (exact) mass is 215 g/mol. The third-order valence-corrected chi connectivity index (χ3v) is 3.00. The van der Waals surface area contributed by atoms with Gasteiger partial charge in [-0.15, -0.1) is 11.8 Å². The van der Waals surface area contributed by atoms with E-state index in [1.54, 1.807) is 11.8 Å². The van der Waals surface area contributed by atoms with E-state index in [-0.39, 0.29) is 6.04 Å². The van der Waals surface area contributed by atoms with Crippen LogP contribution >= 0.6 is 23.4 Å². The summed E-state index contributed by atoms with van der Waals surface area (Å²) in [4.78, 5) is 1.23. The van der Waals surface area contributed by atoms with E-state index in [1.165, 1.54) is 10.5 Å². The summed E-state index contributed by atoms with van der Waals surface area (Å²) in [6.45, 7) is 1.99. The number of hydrogen-bond acceptors (Lipinski definition) is 2. The molecule has 0 fully saturated rings. The van der Waals surface area contributed by atoms with Gasteiger partial charge in [-0.2, -0.15) is 0 Å². The van der Waals surface area contributed by atoms with Gasteiger partial charge in [0.05, 0.1) is 0 Å². The van der Waals surface area contributed by atoms with Crippen molar-refractivity contribution in [3.63, 3.8) is 0 Å². The topological polar surface area (TPSA) is 26.0 Å². The number of benzene rings is 1. The molecule has 0 heterocycles. The number of nitrogens with two attached hydrogens (primary N) is 1. The second kappa shape index (κ2) is 4.89. The minimum atomic E-state index is 0.158. The molecule has 0 radical (unpaired) electrons. The predicted molar refractivity (Wildman–Crippen MR) is 60.6 cm³/mol. The molecule has 0 aliphatic carbocycles. The summed E-state index contributed by atoms with van der Waals surface area (Å²) in [6, 6.07) is 6.12. The zero-order valence-corrected chi connectivity index (χ0v) is 9.45. The SMILES string of the molecule is CSc1cccc(Cl)c1CC(C)N. The van der Waals surface area contributed by atoms with Crippen molar-refractivity contribution in [1.82, 2.24) is 0 Å². The summed E-state index contributed by atoms with van der Waals surface area (Å²) in [5.41, 5.74) is 6.92. The molecule has 1 nitrogen and oxygen atoms in total. The largest absolute Gasteiger partial charge is 0.328 e. The Morgan fingerprint density at radius 2 is 2.23 bits per heavy atom. The van der Waals surface area contributed by atoms with Crippen molar-refractivity contribution < 1.29 is 0 Å². The average molecular weight is 216 g/mol. The van der Waals surface area contributed by atoms with Crippen molar-refractivity contribution in [2.75, 3.05) is 6.26 Å². The molecular weight excluding hydrogens is 202 g/mol. The van der Waals surface area contributed by atoms with Crippen LogP contribution in [0, 0.1) is 0 Å². The fourth-order valence-corrected chi connectivity index (χ4v) is 2.21. The van der Waals surface area contributed by atoms with Gasteiger partial charge in [0.1, 0.15) is 0 Å². The molecule has 1 unspecified atom stereocenters. The van der Waals surface area contributed by atoms with Gasteiger partial charge in [0.25, 0.3) is 0 Å². The molecule has 0 aromatic heterocycles. The molecule has 0 saturated carbocycles. The molecular formula is C10H14ClNS. The van der Waals surface area contributed by atoms with E-state index in [2.05, 4.69) is 12.3 Å². The summed E-state index contributed by atoms with van der Waals surface area (Å²) < 4.78 is 0. The van der Waals surface area contributed by atoms with Crippen LogP contribution in [0.5, 0.6) is 0 Å². The lowest BCUT2D eigenvalue weighted by Crippen LogP contribution is -2.18. The second-order valence-electron chi connectivity index (χ2n) is 3.10. The number of thioether (sulfide) groups is 1. The predicted octanol–water partition coefficient (Wildman–Crippen LogP) is 2.95. The van der Waals surface area contributed by atoms with Crippen LogP contribution in [0.4, 0.5) is 0 Å². The van der Waals surface area contributed by atoms with Crippen molar-refractivity contribution in [2.45, 2.75) is 24.3 Å². The maximum atomic E-state index is 6.08. The van der Waals surface area contributed by atoms with Crippen LogP contribution < -0.4 is 5.73 Å². The molecule has 2 N–H and O–H groups in total. The minimum Gasteiger partial charge on any atom is -0.328 e. The molecule has 72 valence electrons. The average Bonchev–Trinajstić information content (AvgIpc) is 2.08. The molecule has 3 heteroatoms. The highest BCUT2D eigenvalue weighted by atomic mass is 35.5. The van der Waals surface area contributed by atoms with Gasteiger partial charge in [-0.3, -0.25) is 0 Å². The quantitative estimate of drug-likeness (QED) is 0.785. The first-order valence-corrected chi connectivity index (χ1v) is 5.82. The van der Waals surface area contributed by atoms with E-state index >= 15 is 0 Å². The Morgan fingerprint density at radius 1 is 1.54 bits per heavy atom. The van der Waals surface area contributed by atoms with Crippen LogP contribution in [0.25, 0.3) is 0 Å². The van der Waals surface area contributed by atoms with Gasteiger partial charge in [-0.1, -0.05) is 17.7 Å². The molecule has 0 spiro atoms. The van der Waals surface area contributed by atoms with Crippen LogP contribution in [-0.4, -0.2) is 12.3 Å². The van der Waals surface area contributed by atoms with Crippen molar-refractivity contribution in [3.8, 4) is 0 Å². The first-order valence-electron chi connectivity index (χ1n) is 4.22. The molecule has 1 aromatic rings. The van der Waals surface area contributed by atoms with Crippen LogP contribution in [0.3, 0.4) is 0 Å². The molecule has 1 rings (SSSR count). The molecule has 0 amide bonds. The number of hydrogen-bond donors (Lipinski definition) is 1. The Balaban J connectivity index is 3.00. The van der Waals surface area contributed by atoms with Crippen molar-refractivity contribution in [2.24, 2.45) is 5.73 Å². The lowest BCUT2D eigenvalue weighted by Gasteiger charge is -2.11. The standard InChI is InChI=1S/C10H14ClNS/c1-7(12)6-8-9(11)4-3-5-10(8)13-2/h3-5,7H,6,12H2,1-2H3. The Morgan fingerprint density at radius 3 is 2.77 bits per heavy atom. The van der Waals surface area contributed by atoms with Gasteiger partial charge in [-0.25, -0.2) is 0 Å². The van der Waals surface area contributed by atoms with Crippen molar-refractivity contribution in [3.05, 3.63) is 28.8 Å². The molecule has 1 atom stereocenters. The van der Waals surface area contributed by atoms with Gasteiger partial charge in [-0.05, 0) is 37.3 Å². The van der Waals surface area contributed by atoms with Gasteiger partial charge in [0.2, 0.25) is 0 Å². The van der Waals surface area contributed by atoms with E-state index in [9.17, 15) is 0 Å². The summed E-state index contributed by atoms with van der Waals surface area (Å²) in [5.74, 6) is 0. The molecule has 0 aliphatic heterocycles. The Hall–Kier alpha value is -0.180. The van der Waals surface area contributed by atoms with E-state index < -0.39 is 0 Å². The number of halogens is 1. The molecule has 1 aromatic carbocycles. The van der Waals surface area contributed by atoms with Crippen LogP contribution in [0.15, 0.2) is 23.1 Å².